The minimum atomic E-state index is -0.615. The van der Waals surface area contributed by atoms with Gasteiger partial charge >= 0.3 is 0 Å². The van der Waals surface area contributed by atoms with Gasteiger partial charge in [0.15, 0.2) is 11.5 Å². The number of fused-ring (bicyclic) bond motifs is 3. The van der Waals surface area contributed by atoms with Gasteiger partial charge < -0.3 is 19.7 Å². The summed E-state index contributed by atoms with van der Waals surface area (Å²) in [5.74, 6) is 1.56. The summed E-state index contributed by atoms with van der Waals surface area (Å²) in [5.41, 5.74) is 2.54. The molecule has 1 amide bonds. The molecule has 1 saturated heterocycles. The van der Waals surface area contributed by atoms with Gasteiger partial charge in [-0.15, -0.1) is 0 Å². The Bertz CT molecular complexity index is 982. The Balaban J connectivity index is 1.76. The van der Waals surface area contributed by atoms with E-state index < -0.39 is 5.66 Å². The quantitative estimate of drug-likeness (QED) is 0.767. The van der Waals surface area contributed by atoms with Crippen molar-refractivity contribution in [2.24, 2.45) is 0 Å². The molecule has 1 N–H and O–H groups in total. The van der Waals surface area contributed by atoms with Gasteiger partial charge in [-0.3, -0.25) is 4.79 Å². The van der Waals surface area contributed by atoms with Crippen LogP contribution in [-0.2, 0) is 10.2 Å². The van der Waals surface area contributed by atoms with E-state index in [2.05, 4.69) is 60.5 Å². The van der Waals surface area contributed by atoms with Crippen molar-refractivity contribution in [3.8, 4) is 11.5 Å². The Morgan fingerprint density at radius 2 is 1.80 bits per heavy atom. The zero-order valence-corrected chi connectivity index (χ0v) is 18.2. The van der Waals surface area contributed by atoms with Crippen molar-refractivity contribution in [3.05, 3.63) is 59.7 Å². The van der Waals surface area contributed by atoms with Crippen LogP contribution in [0.1, 0.15) is 45.2 Å². The van der Waals surface area contributed by atoms with Crippen LogP contribution in [0.2, 0.25) is 0 Å². The van der Waals surface area contributed by atoms with Gasteiger partial charge in [0.2, 0.25) is 5.91 Å². The van der Waals surface area contributed by atoms with Gasteiger partial charge in [-0.05, 0) is 49.2 Å². The zero-order valence-electron chi connectivity index (χ0n) is 18.2. The number of nitrogens with zero attached hydrogens (tertiary/aromatic N) is 1. The molecule has 0 saturated carbocycles. The molecule has 2 aromatic rings. The minimum Gasteiger partial charge on any atom is -0.490 e. The highest BCUT2D eigenvalue weighted by Crippen LogP contribution is 2.52. The van der Waals surface area contributed by atoms with Gasteiger partial charge in [-0.1, -0.05) is 44.2 Å². The van der Waals surface area contributed by atoms with Gasteiger partial charge in [0.05, 0.1) is 13.2 Å². The van der Waals surface area contributed by atoms with Crippen LogP contribution in [-0.4, -0.2) is 31.3 Å². The van der Waals surface area contributed by atoms with Crippen LogP contribution in [0.4, 0.5) is 5.69 Å². The highest BCUT2D eigenvalue weighted by atomic mass is 16.5. The standard InChI is InChI=1S/C25H30N2O3/c1-5-29-21-12-11-18(17-22(21)30-6-2)13-15-25-24(3,4)19-9-7-8-10-20(19)27(25)16-14-23(28)26-25/h7-13,15,17H,5-6,14,16H2,1-4H3,(H,26,28)/b15-13+/t25-/m1/s1. The van der Waals surface area contributed by atoms with E-state index in [1.807, 2.05) is 32.0 Å². The lowest BCUT2D eigenvalue weighted by Crippen LogP contribution is -2.68. The predicted octanol–water partition coefficient (Wildman–Crippen LogP) is 4.51. The molecule has 2 aromatic carbocycles. The molecule has 2 heterocycles. The highest BCUT2D eigenvalue weighted by molar-refractivity contribution is 5.84. The van der Waals surface area contributed by atoms with Crippen LogP contribution in [0.5, 0.6) is 11.5 Å². The first-order valence-corrected chi connectivity index (χ1v) is 10.7. The number of carbonyl (C=O) groups is 1. The normalized spacial score (nSPS) is 21.9. The lowest BCUT2D eigenvalue weighted by molar-refractivity contribution is -0.124. The second-order valence-corrected chi connectivity index (χ2v) is 8.26. The van der Waals surface area contributed by atoms with Crippen LogP contribution in [0, 0.1) is 0 Å². The molecule has 0 spiro atoms. The second-order valence-electron chi connectivity index (χ2n) is 8.26. The van der Waals surface area contributed by atoms with Crippen molar-refractivity contribution < 1.29 is 14.3 Å². The number of carbonyl (C=O) groups excluding carboxylic acids is 1. The number of ether oxygens (including phenoxy) is 2. The molecule has 0 bridgehead atoms. The molecule has 1 fully saturated rings. The van der Waals surface area contributed by atoms with E-state index in [1.165, 1.54) is 11.3 Å². The number of hydrogen-bond donors (Lipinski definition) is 1. The third-order valence-electron chi connectivity index (χ3n) is 6.22. The Morgan fingerprint density at radius 3 is 2.57 bits per heavy atom. The third kappa shape index (κ3) is 3.13. The van der Waals surface area contributed by atoms with Gasteiger partial charge in [-0.25, -0.2) is 0 Å². The van der Waals surface area contributed by atoms with Crippen molar-refractivity contribution in [3.63, 3.8) is 0 Å². The first-order valence-electron chi connectivity index (χ1n) is 10.7. The molecule has 158 valence electrons. The molecule has 0 aromatic heterocycles. The van der Waals surface area contributed by atoms with Gasteiger partial charge in [0.25, 0.3) is 0 Å². The maximum atomic E-state index is 12.5. The topological polar surface area (TPSA) is 50.8 Å². The number of benzene rings is 2. The Morgan fingerprint density at radius 1 is 1.07 bits per heavy atom. The maximum Gasteiger partial charge on any atom is 0.223 e. The van der Waals surface area contributed by atoms with E-state index in [1.54, 1.807) is 0 Å². The summed E-state index contributed by atoms with van der Waals surface area (Å²) in [6.45, 7) is 10.2. The minimum absolute atomic E-state index is 0.0819. The summed E-state index contributed by atoms with van der Waals surface area (Å²) >= 11 is 0. The first kappa shape index (κ1) is 20.3. The molecule has 2 aliphatic heterocycles. The second kappa shape index (κ2) is 7.71. The molecular weight excluding hydrogens is 376 g/mol. The fourth-order valence-electron chi connectivity index (χ4n) is 4.71. The number of para-hydroxylation sites is 1. The summed E-state index contributed by atoms with van der Waals surface area (Å²) in [6.07, 6.45) is 4.71. The average molecular weight is 407 g/mol. The molecule has 2 aliphatic rings. The first-order chi connectivity index (χ1) is 14.4. The molecule has 0 unspecified atom stereocenters. The average Bonchev–Trinajstić information content (AvgIpc) is 2.92. The van der Waals surface area contributed by atoms with Crippen molar-refractivity contribution in [2.75, 3.05) is 24.7 Å². The smallest absolute Gasteiger partial charge is 0.223 e. The zero-order chi connectivity index (χ0) is 21.4. The maximum absolute atomic E-state index is 12.5. The van der Waals surface area contributed by atoms with E-state index in [-0.39, 0.29) is 11.3 Å². The van der Waals surface area contributed by atoms with Crippen LogP contribution >= 0.6 is 0 Å². The number of nitrogens with one attached hydrogen (secondary N) is 1. The third-order valence-corrected chi connectivity index (χ3v) is 6.22. The van der Waals surface area contributed by atoms with Crippen LogP contribution in [0.15, 0.2) is 48.5 Å². The van der Waals surface area contributed by atoms with Crippen LogP contribution in [0.3, 0.4) is 0 Å². The van der Waals surface area contributed by atoms with Crippen molar-refractivity contribution >= 4 is 17.7 Å². The Labute approximate surface area is 178 Å². The lowest BCUT2D eigenvalue weighted by atomic mass is 9.74. The highest BCUT2D eigenvalue weighted by Gasteiger charge is 2.57. The summed E-state index contributed by atoms with van der Waals surface area (Å²) in [5, 5.41) is 3.31. The molecule has 0 aliphatic carbocycles. The van der Waals surface area contributed by atoms with Gasteiger partial charge in [0, 0.05) is 24.1 Å². The van der Waals surface area contributed by atoms with Crippen molar-refractivity contribution in [2.45, 2.75) is 45.2 Å². The van der Waals surface area contributed by atoms with E-state index in [4.69, 9.17) is 9.47 Å². The molecule has 5 heteroatoms. The molecule has 30 heavy (non-hydrogen) atoms. The summed E-state index contributed by atoms with van der Waals surface area (Å²) in [4.78, 5) is 14.8. The van der Waals surface area contributed by atoms with Gasteiger partial charge in [0.1, 0.15) is 5.66 Å². The summed E-state index contributed by atoms with van der Waals surface area (Å²) < 4.78 is 11.5. The summed E-state index contributed by atoms with van der Waals surface area (Å²) in [6, 6.07) is 14.4. The van der Waals surface area contributed by atoms with Crippen LogP contribution in [0.25, 0.3) is 6.08 Å². The Hall–Kier alpha value is -2.95. The van der Waals surface area contributed by atoms with Crippen LogP contribution < -0.4 is 19.7 Å². The van der Waals surface area contributed by atoms with Crippen molar-refractivity contribution in [1.82, 2.24) is 5.32 Å². The van der Waals surface area contributed by atoms with E-state index in [0.717, 1.165) is 17.1 Å². The molecule has 0 radical (unpaired) electrons. The lowest BCUT2D eigenvalue weighted by Gasteiger charge is -2.49. The number of anilines is 1. The number of hydrogen-bond acceptors (Lipinski definition) is 4. The van der Waals surface area contributed by atoms with Crippen molar-refractivity contribution in [1.29, 1.82) is 0 Å². The monoisotopic (exact) mass is 406 g/mol. The largest absolute Gasteiger partial charge is 0.490 e. The molecule has 1 atom stereocenters. The van der Waals surface area contributed by atoms with E-state index in [0.29, 0.717) is 26.2 Å². The predicted molar refractivity (Wildman–Crippen MR) is 120 cm³/mol. The fraction of sp³-hybridized carbons (Fsp3) is 0.400. The molecular formula is C25H30N2O3. The SMILES string of the molecule is CCOc1ccc(/C=C/[C@@]23NC(=O)CCN2c2ccccc2C3(C)C)cc1OCC. The molecule has 4 rings (SSSR count). The fourth-order valence-corrected chi connectivity index (χ4v) is 4.71. The molecule has 5 nitrogen and oxygen atoms in total. The number of rotatable bonds is 6. The summed E-state index contributed by atoms with van der Waals surface area (Å²) in [7, 11) is 0. The number of amides is 1. The van der Waals surface area contributed by atoms with Gasteiger partial charge in [-0.2, -0.15) is 0 Å². The van der Waals surface area contributed by atoms with E-state index >= 15 is 0 Å². The van der Waals surface area contributed by atoms with E-state index in [9.17, 15) is 4.79 Å². The Kier molecular flexibility index (Phi) is 5.22.